The van der Waals surface area contributed by atoms with Crippen molar-refractivity contribution in [3.63, 3.8) is 0 Å². The topological polar surface area (TPSA) is 78.3 Å². The van der Waals surface area contributed by atoms with E-state index in [1.807, 2.05) is 50.2 Å². The van der Waals surface area contributed by atoms with E-state index in [0.717, 1.165) is 23.4 Å². The highest BCUT2D eigenvalue weighted by Crippen LogP contribution is 2.28. The van der Waals surface area contributed by atoms with Gasteiger partial charge in [-0.05, 0) is 49.2 Å². The maximum atomic E-state index is 12.8. The SMILES string of the molecule is COc1cccc(-n2nnc(C(=O)N[C@H](C)c3ccc4c(c3)CCO4)c2C)c1. The molecule has 0 fully saturated rings. The van der Waals surface area contributed by atoms with Gasteiger partial charge in [0.2, 0.25) is 0 Å². The van der Waals surface area contributed by atoms with E-state index in [9.17, 15) is 4.79 Å². The lowest BCUT2D eigenvalue weighted by atomic mass is 10.0. The van der Waals surface area contributed by atoms with E-state index < -0.39 is 0 Å². The summed E-state index contributed by atoms with van der Waals surface area (Å²) in [5.41, 5.74) is 3.98. The van der Waals surface area contributed by atoms with Crippen molar-refractivity contribution in [1.29, 1.82) is 0 Å². The Morgan fingerprint density at radius 2 is 2.14 bits per heavy atom. The van der Waals surface area contributed by atoms with E-state index in [-0.39, 0.29) is 11.9 Å². The summed E-state index contributed by atoms with van der Waals surface area (Å²) in [4.78, 5) is 12.8. The fourth-order valence-corrected chi connectivity index (χ4v) is 3.35. The van der Waals surface area contributed by atoms with Gasteiger partial charge in [-0.3, -0.25) is 4.79 Å². The average Bonchev–Trinajstić information content (AvgIpc) is 3.33. The zero-order valence-corrected chi connectivity index (χ0v) is 16.1. The molecule has 0 aliphatic carbocycles. The number of aromatic nitrogens is 3. The van der Waals surface area contributed by atoms with Gasteiger partial charge in [-0.25, -0.2) is 4.68 Å². The standard InChI is InChI=1S/C21H22N4O3/c1-13(15-7-8-19-16(11-15)9-10-28-19)22-21(26)20-14(2)25(24-23-20)17-5-4-6-18(12-17)27-3/h4-8,11-13H,9-10H2,1-3H3,(H,22,26)/t13-/m1/s1. The van der Waals surface area contributed by atoms with Crippen LogP contribution in [0.5, 0.6) is 11.5 Å². The van der Waals surface area contributed by atoms with Crippen molar-refractivity contribution in [2.45, 2.75) is 26.3 Å². The Morgan fingerprint density at radius 3 is 2.96 bits per heavy atom. The predicted molar refractivity (Wildman–Crippen MR) is 104 cm³/mol. The Labute approximate surface area is 163 Å². The van der Waals surface area contributed by atoms with Gasteiger partial charge < -0.3 is 14.8 Å². The van der Waals surface area contributed by atoms with E-state index >= 15 is 0 Å². The molecule has 7 heteroatoms. The molecule has 0 spiro atoms. The number of hydrogen-bond acceptors (Lipinski definition) is 5. The Hall–Kier alpha value is -3.35. The predicted octanol–water partition coefficient (Wildman–Crippen LogP) is 3.01. The van der Waals surface area contributed by atoms with Crippen LogP contribution in [0, 0.1) is 6.92 Å². The van der Waals surface area contributed by atoms with E-state index in [1.165, 1.54) is 5.56 Å². The van der Waals surface area contributed by atoms with Gasteiger partial charge in [0.15, 0.2) is 5.69 Å². The second-order valence-electron chi connectivity index (χ2n) is 6.80. The molecule has 7 nitrogen and oxygen atoms in total. The van der Waals surface area contributed by atoms with Crippen molar-refractivity contribution in [2.24, 2.45) is 0 Å². The molecular weight excluding hydrogens is 356 g/mol. The first-order valence-electron chi connectivity index (χ1n) is 9.20. The number of methoxy groups -OCH3 is 1. The fraction of sp³-hybridized carbons (Fsp3) is 0.286. The molecule has 144 valence electrons. The Bertz CT molecular complexity index is 1030. The third kappa shape index (κ3) is 3.31. The number of nitrogens with zero attached hydrogens (tertiary/aromatic N) is 3. The summed E-state index contributed by atoms with van der Waals surface area (Å²) in [7, 11) is 1.61. The van der Waals surface area contributed by atoms with E-state index in [2.05, 4.69) is 21.7 Å². The van der Waals surface area contributed by atoms with Crippen molar-refractivity contribution in [3.8, 4) is 17.2 Å². The Balaban J connectivity index is 1.53. The van der Waals surface area contributed by atoms with Crippen molar-refractivity contribution >= 4 is 5.91 Å². The summed E-state index contributed by atoms with van der Waals surface area (Å²) in [6.45, 7) is 4.50. The number of carbonyl (C=O) groups excluding carboxylic acids is 1. The van der Waals surface area contributed by atoms with Gasteiger partial charge in [0.05, 0.1) is 31.1 Å². The third-order valence-electron chi connectivity index (χ3n) is 4.97. The first kappa shape index (κ1) is 18.0. The summed E-state index contributed by atoms with van der Waals surface area (Å²) in [5.74, 6) is 1.39. The van der Waals surface area contributed by atoms with Crippen LogP contribution < -0.4 is 14.8 Å². The highest BCUT2D eigenvalue weighted by molar-refractivity contribution is 5.93. The maximum Gasteiger partial charge on any atom is 0.274 e. The average molecular weight is 378 g/mol. The van der Waals surface area contributed by atoms with E-state index in [4.69, 9.17) is 9.47 Å². The lowest BCUT2D eigenvalue weighted by Crippen LogP contribution is -2.27. The van der Waals surface area contributed by atoms with Crippen molar-refractivity contribution in [3.05, 3.63) is 65.0 Å². The van der Waals surface area contributed by atoms with Crippen molar-refractivity contribution in [2.75, 3.05) is 13.7 Å². The van der Waals surface area contributed by atoms with Crippen molar-refractivity contribution < 1.29 is 14.3 Å². The van der Waals surface area contributed by atoms with Gasteiger partial charge in [-0.1, -0.05) is 17.3 Å². The molecule has 0 saturated carbocycles. The molecule has 2 aromatic carbocycles. The number of nitrogens with one attached hydrogen (secondary N) is 1. The highest BCUT2D eigenvalue weighted by atomic mass is 16.5. The van der Waals surface area contributed by atoms with Crippen LogP contribution in [-0.4, -0.2) is 34.6 Å². The van der Waals surface area contributed by atoms with Gasteiger partial charge >= 0.3 is 0 Å². The molecule has 1 amide bonds. The van der Waals surface area contributed by atoms with Crippen LogP contribution >= 0.6 is 0 Å². The first-order valence-corrected chi connectivity index (χ1v) is 9.20. The molecule has 1 atom stereocenters. The van der Waals surface area contributed by atoms with Crippen LogP contribution in [0.15, 0.2) is 42.5 Å². The molecule has 3 aromatic rings. The summed E-state index contributed by atoms with van der Waals surface area (Å²) >= 11 is 0. The first-order chi connectivity index (χ1) is 13.6. The van der Waals surface area contributed by atoms with Crippen LogP contribution in [0.25, 0.3) is 5.69 Å². The smallest absolute Gasteiger partial charge is 0.274 e. The highest BCUT2D eigenvalue weighted by Gasteiger charge is 2.21. The lowest BCUT2D eigenvalue weighted by Gasteiger charge is -2.14. The van der Waals surface area contributed by atoms with E-state index in [0.29, 0.717) is 23.7 Å². The molecule has 1 aliphatic heterocycles. The molecule has 2 heterocycles. The molecule has 1 N–H and O–H groups in total. The minimum Gasteiger partial charge on any atom is -0.497 e. The van der Waals surface area contributed by atoms with Gasteiger partial charge in [0.1, 0.15) is 11.5 Å². The number of benzene rings is 2. The summed E-state index contributed by atoms with van der Waals surface area (Å²) in [6.07, 6.45) is 0.901. The normalized spacial score (nSPS) is 13.5. The third-order valence-corrected chi connectivity index (χ3v) is 4.97. The molecule has 4 rings (SSSR count). The molecule has 0 unspecified atom stereocenters. The van der Waals surface area contributed by atoms with Gasteiger partial charge in [-0.15, -0.1) is 5.10 Å². The largest absolute Gasteiger partial charge is 0.497 e. The Morgan fingerprint density at radius 1 is 1.29 bits per heavy atom. The second kappa shape index (κ2) is 7.34. The van der Waals surface area contributed by atoms with Crippen LogP contribution in [0.3, 0.4) is 0 Å². The van der Waals surface area contributed by atoms with Gasteiger partial charge in [0, 0.05) is 12.5 Å². The maximum absolute atomic E-state index is 12.8. The number of fused-ring (bicyclic) bond motifs is 1. The quantitative estimate of drug-likeness (QED) is 0.738. The molecule has 0 radical (unpaired) electrons. The number of carbonyl (C=O) groups is 1. The van der Waals surface area contributed by atoms with Crippen molar-refractivity contribution in [1.82, 2.24) is 20.3 Å². The molecule has 0 saturated heterocycles. The number of hydrogen-bond donors (Lipinski definition) is 1. The summed E-state index contributed by atoms with van der Waals surface area (Å²) < 4.78 is 12.4. The zero-order valence-electron chi connectivity index (χ0n) is 16.1. The summed E-state index contributed by atoms with van der Waals surface area (Å²) in [6, 6.07) is 13.3. The molecule has 28 heavy (non-hydrogen) atoms. The van der Waals surface area contributed by atoms with E-state index in [1.54, 1.807) is 11.8 Å². The van der Waals surface area contributed by atoms with Gasteiger partial charge in [-0.2, -0.15) is 0 Å². The molecule has 0 bridgehead atoms. The van der Waals surface area contributed by atoms with Crippen LogP contribution in [0.1, 0.15) is 40.3 Å². The second-order valence-corrected chi connectivity index (χ2v) is 6.80. The number of ether oxygens (including phenoxy) is 2. The van der Waals surface area contributed by atoms with Crippen LogP contribution in [0.2, 0.25) is 0 Å². The summed E-state index contributed by atoms with van der Waals surface area (Å²) in [5, 5.41) is 11.2. The van der Waals surface area contributed by atoms with Crippen LogP contribution in [-0.2, 0) is 6.42 Å². The molecule has 1 aromatic heterocycles. The fourth-order valence-electron chi connectivity index (χ4n) is 3.35. The zero-order chi connectivity index (χ0) is 19.7. The molecule has 1 aliphatic rings. The minimum atomic E-state index is -0.254. The number of rotatable bonds is 5. The minimum absolute atomic E-state index is 0.153. The Kier molecular flexibility index (Phi) is 4.73. The van der Waals surface area contributed by atoms with Gasteiger partial charge in [0.25, 0.3) is 5.91 Å². The monoisotopic (exact) mass is 378 g/mol. The van der Waals surface area contributed by atoms with Crippen LogP contribution in [0.4, 0.5) is 0 Å². The molecular formula is C21H22N4O3. The number of amides is 1. The lowest BCUT2D eigenvalue weighted by molar-refractivity contribution is 0.0934.